The minimum atomic E-state index is 0. The molecule has 0 spiro atoms. The van der Waals surface area contributed by atoms with Crippen molar-refractivity contribution in [3.63, 3.8) is 0 Å². The van der Waals surface area contributed by atoms with Crippen molar-refractivity contribution in [3.8, 4) is 10.4 Å². The molecule has 4 aromatic rings. The maximum atomic E-state index is 4.92. The van der Waals surface area contributed by atoms with E-state index in [1.165, 1.54) is 39.3 Å². The fourth-order valence-electron chi connectivity index (χ4n) is 3.78. The summed E-state index contributed by atoms with van der Waals surface area (Å²) in [4.78, 5) is 8.49. The van der Waals surface area contributed by atoms with Crippen LogP contribution >= 0.6 is 35.5 Å². The zero-order valence-corrected chi connectivity index (χ0v) is 17.8. The number of aryl methyl sites for hydroxylation is 1. The highest BCUT2D eigenvalue weighted by Crippen LogP contribution is 2.36. The molecule has 0 saturated carbocycles. The summed E-state index contributed by atoms with van der Waals surface area (Å²) in [6, 6.07) is 4.49. The molecule has 1 aliphatic heterocycles. The monoisotopic (exact) mass is 419 g/mol. The average molecular weight is 420 g/mol. The summed E-state index contributed by atoms with van der Waals surface area (Å²) in [5, 5.41) is 9.21. The van der Waals surface area contributed by atoms with E-state index >= 15 is 0 Å². The van der Waals surface area contributed by atoms with Gasteiger partial charge in [0.05, 0.1) is 10.6 Å². The molecule has 5 nitrogen and oxygen atoms in total. The van der Waals surface area contributed by atoms with Crippen LogP contribution in [0.4, 0.5) is 0 Å². The topological polar surface area (TPSA) is 47.1 Å². The number of halogens is 1. The summed E-state index contributed by atoms with van der Waals surface area (Å²) in [5.41, 5.74) is 3.57. The van der Waals surface area contributed by atoms with Gasteiger partial charge in [-0.15, -0.1) is 24.2 Å². The van der Waals surface area contributed by atoms with E-state index in [2.05, 4.69) is 51.8 Å². The quantitative estimate of drug-likeness (QED) is 0.494. The van der Waals surface area contributed by atoms with Crippen LogP contribution in [0.2, 0.25) is 0 Å². The van der Waals surface area contributed by atoms with Crippen molar-refractivity contribution in [2.45, 2.75) is 23.7 Å². The number of imidazole rings is 1. The molecule has 0 amide bonds. The van der Waals surface area contributed by atoms with Gasteiger partial charge in [0.25, 0.3) is 0 Å². The van der Waals surface area contributed by atoms with Gasteiger partial charge in [0, 0.05) is 41.8 Å². The first kappa shape index (κ1) is 18.8. The van der Waals surface area contributed by atoms with E-state index < -0.39 is 0 Å². The lowest BCUT2D eigenvalue weighted by Crippen LogP contribution is -2.26. The molecule has 8 heteroatoms. The maximum Gasteiger partial charge on any atom is 0.194 e. The van der Waals surface area contributed by atoms with Gasteiger partial charge >= 0.3 is 0 Å². The van der Waals surface area contributed by atoms with Crippen LogP contribution in [-0.4, -0.2) is 38.5 Å². The lowest BCUT2D eigenvalue weighted by atomic mass is 9.95. The molecule has 27 heavy (non-hydrogen) atoms. The zero-order valence-electron chi connectivity index (χ0n) is 15.3. The summed E-state index contributed by atoms with van der Waals surface area (Å²) in [6.07, 6.45) is 11.0. The Morgan fingerprint density at radius 1 is 1.19 bits per heavy atom. The third kappa shape index (κ3) is 3.38. The molecular formula is C19H22ClN5S2. The summed E-state index contributed by atoms with van der Waals surface area (Å²) in [6.45, 7) is 2.20. The highest BCUT2D eigenvalue weighted by atomic mass is 35.5. The summed E-state index contributed by atoms with van der Waals surface area (Å²) in [5.74, 6) is 0.599. The Balaban J connectivity index is 0.00000180. The number of fused-ring (bicyclic) bond motifs is 2. The Labute approximate surface area is 172 Å². The van der Waals surface area contributed by atoms with Crippen molar-refractivity contribution in [3.05, 3.63) is 36.4 Å². The fourth-order valence-corrected chi connectivity index (χ4v) is 5.34. The van der Waals surface area contributed by atoms with Crippen molar-refractivity contribution in [1.82, 2.24) is 24.5 Å². The minimum Gasteiger partial charge on any atom is -0.317 e. The molecule has 1 aliphatic rings. The van der Waals surface area contributed by atoms with Gasteiger partial charge in [0.15, 0.2) is 4.96 Å². The van der Waals surface area contributed by atoms with E-state index in [4.69, 9.17) is 4.98 Å². The van der Waals surface area contributed by atoms with Crippen molar-refractivity contribution >= 4 is 51.4 Å². The lowest BCUT2D eigenvalue weighted by molar-refractivity contribution is 0.454. The first-order chi connectivity index (χ1) is 12.7. The second-order valence-electron chi connectivity index (χ2n) is 6.89. The Bertz CT molecular complexity index is 1060. The van der Waals surface area contributed by atoms with Crippen LogP contribution in [-0.2, 0) is 7.05 Å². The SMILES string of the molecule is CSc1cc(-c2cn3cc(C4CCNCC4)nc3s2)cc2cn(C)nc12.Cl. The molecule has 0 bridgehead atoms. The van der Waals surface area contributed by atoms with Crippen LogP contribution in [0.5, 0.6) is 0 Å². The molecular weight excluding hydrogens is 398 g/mol. The molecule has 0 atom stereocenters. The number of rotatable bonds is 3. The molecule has 0 aliphatic carbocycles. The van der Waals surface area contributed by atoms with Crippen molar-refractivity contribution < 1.29 is 0 Å². The number of thiazole rings is 1. The average Bonchev–Trinajstić information content (AvgIpc) is 3.33. The second kappa shape index (κ2) is 7.47. The van der Waals surface area contributed by atoms with Crippen LogP contribution < -0.4 is 5.32 Å². The number of hydrogen-bond acceptors (Lipinski definition) is 5. The van der Waals surface area contributed by atoms with Gasteiger partial charge in [-0.2, -0.15) is 5.10 Å². The molecule has 1 saturated heterocycles. The molecule has 1 aromatic carbocycles. The van der Waals surface area contributed by atoms with Crippen LogP contribution in [0, 0.1) is 0 Å². The minimum absolute atomic E-state index is 0. The fraction of sp³-hybridized carbons (Fsp3) is 0.368. The van der Waals surface area contributed by atoms with E-state index in [9.17, 15) is 0 Å². The first-order valence-corrected chi connectivity index (χ1v) is 11.0. The van der Waals surface area contributed by atoms with Gasteiger partial charge in [-0.25, -0.2) is 4.98 Å². The molecule has 4 heterocycles. The van der Waals surface area contributed by atoms with Crippen LogP contribution in [0.25, 0.3) is 26.3 Å². The smallest absolute Gasteiger partial charge is 0.194 e. The van der Waals surface area contributed by atoms with E-state index in [1.54, 1.807) is 23.1 Å². The molecule has 142 valence electrons. The van der Waals surface area contributed by atoms with Gasteiger partial charge in [-0.1, -0.05) is 11.3 Å². The van der Waals surface area contributed by atoms with Crippen molar-refractivity contribution in [2.75, 3.05) is 19.3 Å². The molecule has 0 radical (unpaired) electrons. The predicted octanol–water partition coefficient (Wildman–Crippen LogP) is 4.56. The number of benzene rings is 1. The van der Waals surface area contributed by atoms with E-state index in [1.807, 2.05) is 11.7 Å². The van der Waals surface area contributed by atoms with E-state index in [0.717, 1.165) is 23.6 Å². The number of nitrogens with zero attached hydrogens (tertiary/aromatic N) is 4. The van der Waals surface area contributed by atoms with Gasteiger partial charge in [-0.3, -0.25) is 9.08 Å². The number of hydrogen-bond donors (Lipinski definition) is 1. The molecule has 0 unspecified atom stereocenters. The Morgan fingerprint density at radius 3 is 2.74 bits per heavy atom. The highest BCUT2D eigenvalue weighted by molar-refractivity contribution is 7.98. The maximum absolute atomic E-state index is 4.92. The summed E-state index contributed by atoms with van der Waals surface area (Å²) >= 11 is 3.52. The van der Waals surface area contributed by atoms with Gasteiger partial charge in [0.1, 0.15) is 5.52 Å². The Morgan fingerprint density at radius 2 is 2.00 bits per heavy atom. The number of nitrogens with one attached hydrogen (secondary N) is 1. The highest BCUT2D eigenvalue weighted by Gasteiger charge is 2.19. The number of piperidine rings is 1. The van der Waals surface area contributed by atoms with Gasteiger partial charge in [-0.05, 0) is 49.9 Å². The van der Waals surface area contributed by atoms with Crippen LogP contribution in [0.3, 0.4) is 0 Å². The van der Waals surface area contributed by atoms with Crippen LogP contribution in [0.1, 0.15) is 24.5 Å². The van der Waals surface area contributed by atoms with Crippen LogP contribution in [0.15, 0.2) is 35.6 Å². The zero-order chi connectivity index (χ0) is 17.7. The first-order valence-electron chi connectivity index (χ1n) is 8.92. The summed E-state index contributed by atoms with van der Waals surface area (Å²) < 4.78 is 4.09. The van der Waals surface area contributed by atoms with E-state index in [0.29, 0.717) is 5.92 Å². The largest absolute Gasteiger partial charge is 0.317 e. The molecule has 3 aromatic heterocycles. The standard InChI is InChI=1S/C19H21N5S2.ClH/c1-23-9-14-7-13(8-16(25-2)18(14)22-23)17-11-24-10-15(21-19(24)26-17)12-3-5-20-6-4-12;/h7-12,20H,3-6H2,1-2H3;1H. The molecule has 1 N–H and O–H groups in total. The Hall–Kier alpha value is -1.54. The molecule has 5 rings (SSSR count). The normalized spacial score (nSPS) is 15.5. The second-order valence-corrected chi connectivity index (χ2v) is 8.75. The third-order valence-electron chi connectivity index (χ3n) is 5.12. The molecule has 1 fully saturated rings. The van der Waals surface area contributed by atoms with Crippen molar-refractivity contribution in [2.24, 2.45) is 7.05 Å². The predicted molar refractivity (Wildman–Crippen MR) is 117 cm³/mol. The van der Waals surface area contributed by atoms with Gasteiger partial charge < -0.3 is 5.32 Å². The van der Waals surface area contributed by atoms with Crippen molar-refractivity contribution in [1.29, 1.82) is 0 Å². The Kier molecular flexibility index (Phi) is 5.20. The lowest BCUT2D eigenvalue weighted by Gasteiger charge is -2.20. The number of thioether (sulfide) groups is 1. The van der Waals surface area contributed by atoms with Gasteiger partial charge in [0.2, 0.25) is 0 Å². The van der Waals surface area contributed by atoms with E-state index in [-0.39, 0.29) is 12.4 Å². The number of aromatic nitrogens is 4. The summed E-state index contributed by atoms with van der Waals surface area (Å²) in [7, 11) is 1.98. The third-order valence-corrected chi connectivity index (χ3v) is 6.92.